The number of carbonyl (C=O) groups is 1. The van der Waals surface area contributed by atoms with Crippen LogP contribution in [0.25, 0.3) is 16.8 Å². The summed E-state index contributed by atoms with van der Waals surface area (Å²) in [5.41, 5.74) is 1.89. The lowest BCUT2D eigenvalue weighted by atomic mass is 10.1. The third kappa shape index (κ3) is 4.92. The molecule has 0 bridgehead atoms. The molecule has 0 aromatic carbocycles. The Morgan fingerprint density at radius 3 is 2.76 bits per heavy atom. The monoisotopic (exact) mass is 398 g/mol. The number of likely N-dealkylation sites (N-methyl/N-ethyl adjacent to an activating group) is 1. The molecule has 0 unspecified atom stereocenters. The smallest absolute Gasteiger partial charge is 0.410 e. The summed E-state index contributed by atoms with van der Waals surface area (Å²) < 4.78 is 12.5. The van der Waals surface area contributed by atoms with Crippen molar-refractivity contribution in [3.8, 4) is 16.9 Å². The number of nitrogens with one attached hydrogen (secondary N) is 1. The fraction of sp³-hybridized carbons (Fsp3) is 0.400. The van der Waals surface area contributed by atoms with Crippen LogP contribution in [0, 0.1) is 0 Å². The van der Waals surface area contributed by atoms with Gasteiger partial charge in [-0.25, -0.2) is 14.3 Å². The number of aromatic nitrogens is 4. The van der Waals surface area contributed by atoms with Gasteiger partial charge in [0.2, 0.25) is 0 Å². The Kier molecular flexibility index (Phi) is 5.86. The molecular formula is C20H26N6O3. The zero-order valence-electron chi connectivity index (χ0n) is 17.3. The van der Waals surface area contributed by atoms with Gasteiger partial charge in [-0.3, -0.25) is 4.98 Å². The van der Waals surface area contributed by atoms with E-state index in [-0.39, 0.29) is 6.09 Å². The molecule has 0 fully saturated rings. The molecule has 3 aromatic rings. The number of ether oxygens (including phenoxy) is 2. The number of hydrogen-bond donors (Lipinski definition) is 1. The van der Waals surface area contributed by atoms with Gasteiger partial charge in [0, 0.05) is 38.1 Å². The van der Waals surface area contributed by atoms with Crippen LogP contribution in [-0.2, 0) is 4.74 Å². The first-order valence-corrected chi connectivity index (χ1v) is 9.29. The van der Waals surface area contributed by atoms with Crippen molar-refractivity contribution in [3.05, 3.63) is 36.9 Å². The highest BCUT2D eigenvalue weighted by Gasteiger charge is 2.19. The molecule has 0 aliphatic heterocycles. The molecule has 0 spiro atoms. The Morgan fingerprint density at radius 2 is 2.03 bits per heavy atom. The number of hydrogen-bond acceptors (Lipinski definition) is 7. The fourth-order valence-corrected chi connectivity index (χ4v) is 2.71. The van der Waals surface area contributed by atoms with Gasteiger partial charge in [0.05, 0.1) is 25.1 Å². The Hall–Kier alpha value is -3.36. The number of pyridine rings is 1. The van der Waals surface area contributed by atoms with Gasteiger partial charge in [0.1, 0.15) is 17.2 Å². The van der Waals surface area contributed by atoms with Gasteiger partial charge in [-0.15, -0.1) is 0 Å². The van der Waals surface area contributed by atoms with Crippen molar-refractivity contribution in [2.45, 2.75) is 26.4 Å². The van der Waals surface area contributed by atoms with Crippen LogP contribution in [0.1, 0.15) is 20.8 Å². The van der Waals surface area contributed by atoms with Crippen LogP contribution >= 0.6 is 0 Å². The molecule has 0 aliphatic carbocycles. The van der Waals surface area contributed by atoms with E-state index >= 15 is 0 Å². The predicted octanol–water partition coefficient (Wildman–Crippen LogP) is 3.08. The lowest BCUT2D eigenvalue weighted by Crippen LogP contribution is -2.36. The van der Waals surface area contributed by atoms with Gasteiger partial charge < -0.3 is 19.7 Å². The number of amides is 1. The summed E-state index contributed by atoms with van der Waals surface area (Å²) in [5.74, 6) is 1.34. The van der Waals surface area contributed by atoms with Crippen molar-refractivity contribution in [2.24, 2.45) is 0 Å². The molecular weight excluding hydrogens is 372 g/mol. The maximum absolute atomic E-state index is 12.0. The maximum Gasteiger partial charge on any atom is 0.410 e. The minimum absolute atomic E-state index is 0.356. The van der Waals surface area contributed by atoms with Crippen LogP contribution in [0.15, 0.2) is 36.9 Å². The van der Waals surface area contributed by atoms with Gasteiger partial charge in [0.15, 0.2) is 5.65 Å². The van der Waals surface area contributed by atoms with Gasteiger partial charge in [-0.2, -0.15) is 5.10 Å². The van der Waals surface area contributed by atoms with E-state index in [0.717, 1.165) is 11.1 Å². The Balaban J connectivity index is 1.71. The van der Waals surface area contributed by atoms with Crippen molar-refractivity contribution in [2.75, 3.05) is 32.6 Å². The second kappa shape index (κ2) is 8.34. The van der Waals surface area contributed by atoms with Crippen LogP contribution in [0.4, 0.5) is 10.6 Å². The van der Waals surface area contributed by atoms with Gasteiger partial charge >= 0.3 is 6.09 Å². The number of rotatable bonds is 6. The molecule has 9 nitrogen and oxygen atoms in total. The summed E-state index contributed by atoms with van der Waals surface area (Å²) in [6.45, 7) is 6.54. The number of carbonyl (C=O) groups excluding carboxylic acids is 1. The van der Waals surface area contributed by atoms with Crippen molar-refractivity contribution in [3.63, 3.8) is 0 Å². The number of anilines is 1. The third-order valence-corrected chi connectivity index (χ3v) is 4.12. The van der Waals surface area contributed by atoms with Gasteiger partial charge in [-0.1, -0.05) is 0 Å². The summed E-state index contributed by atoms with van der Waals surface area (Å²) >= 11 is 0. The summed E-state index contributed by atoms with van der Waals surface area (Å²) in [6, 6.07) is 3.70. The molecule has 29 heavy (non-hydrogen) atoms. The molecule has 0 aliphatic rings. The highest BCUT2D eigenvalue weighted by molar-refractivity contribution is 5.81. The predicted molar refractivity (Wildman–Crippen MR) is 110 cm³/mol. The quantitative estimate of drug-likeness (QED) is 0.682. The minimum atomic E-state index is -0.516. The molecule has 0 atom stereocenters. The first kappa shape index (κ1) is 20.4. The molecule has 3 rings (SSSR count). The zero-order valence-corrected chi connectivity index (χ0v) is 17.3. The largest absolute Gasteiger partial charge is 0.494 e. The molecule has 154 valence electrons. The minimum Gasteiger partial charge on any atom is -0.494 e. The summed E-state index contributed by atoms with van der Waals surface area (Å²) in [5, 5.41) is 7.60. The van der Waals surface area contributed by atoms with E-state index in [1.54, 1.807) is 37.3 Å². The Morgan fingerprint density at radius 1 is 1.24 bits per heavy atom. The highest BCUT2D eigenvalue weighted by atomic mass is 16.6. The number of methoxy groups -OCH3 is 1. The van der Waals surface area contributed by atoms with Gasteiger partial charge in [-0.05, 0) is 32.9 Å². The summed E-state index contributed by atoms with van der Waals surface area (Å²) in [6.07, 6.45) is 6.59. The van der Waals surface area contributed by atoms with Crippen LogP contribution in [0.3, 0.4) is 0 Å². The van der Waals surface area contributed by atoms with Gasteiger partial charge in [0.25, 0.3) is 0 Å². The first-order chi connectivity index (χ1) is 13.8. The standard InChI is InChI=1S/C20H26N6O3/c1-20(2,3)29-19(27)25(4)11-9-22-17-7-10-26-18(24-17)15(12-23-26)14-6-8-21-13-16(14)28-5/h6-8,10,12-13H,9,11H2,1-5H3,(H,22,24). The molecule has 3 aromatic heterocycles. The first-order valence-electron chi connectivity index (χ1n) is 9.29. The van der Waals surface area contributed by atoms with Crippen LogP contribution in [0.2, 0.25) is 0 Å². The van der Waals surface area contributed by atoms with Crippen LogP contribution in [-0.4, -0.2) is 63.4 Å². The number of fused-ring (bicyclic) bond motifs is 1. The second-order valence-electron chi connectivity index (χ2n) is 7.54. The second-order valence-corrected chi connectivity index (χ2v) is 7.54. The van der Waals surface area contributed by atoms with E-state index in [4.69, 9.17) is 9.47 Å². The van der Waals surface area contributed by atoms with E-state index in [1.807, 2.05) is 39.1 Å². The average Bonchev–Trinajstić information content (AvgIpc) is 3.09. The van der Waals surface area contributed by atoms with E-state index in [2.05, 4.69) is 20.4 Å². The Labute approximate surface area is 169 Å². The molecule has 1 amide bonds. The average molecular weight is 398 g/mol. The van der Waals surface area contributed by atoms with Crippen molar-refractivity contribution >= 4 is 17.6 Å². The lowest BCUT2D eigenvalue weighted by molar-refractivity contribution is 0.0305. The topological polar surface area (TPSA) is 93.9 Å². The van der Waals surface area contributed by atoms with Crippen molar-refractivity contribution in [1.82, 2.24) is 24.5 Å². The molecule has 0 radical (unpaired) electrons. The lowest BCUT2D eigenvalue weighted by Gasteiger charge is -2.24. The third-order valence-electron chi connectivity index (χ3n) is 4.12. The van der Waals surface area contributed by atoms with E-state index in [0.29, 0.717) is 30.3 Å². The maximum atomic E-state index is 12.0. The van der Waals surface area contributed by atoms with Crippen LogP contribution < -0.4 is 10.1 Å². The molecule has 1 N–H and O–H groups in total. The molecule has 3 heterocycles. The highest BCUT2D eigenvalue weighted by Crippen LogP contribution is 2.31. The van der Waals surface area contributed by atoms with E-state index in [1.165, 1.54) is 4.90 Å². The number of nitrogens with zero attached hydrogens (tertiary/aromatic N) is 5. The normalized spacial score (nSPS) is 11.3. The van der Waals surface area contributed by atoms with Crippen LogP contribution in [0.5, 0.6) is 5.75 Å². The molecule has 0 saturated heterocycles. The molecule has 0 saturated carbocycles. The van der Waals surface area contributed by atoms with Crippen molar-refractivity contribution < 1.29 is 14.3 Å². The van der Waals surface area contributed by atoms with Crippen molar-refractivity contribution in [1.29, 1.82) is 0 Å². The molecule has 9 heteroatoms. The Bertz CT molecular complexity index is 995. The zero-order chi connectivity index (χ0) is 21.0. The fourth-order valence-electron chi connectivity index (χ4n) is 2.71. The summed E-state index contributed by atoms with van der Waals surface area (Å²) in [7, 11) is 3.31. The summed E-state index contributed by atoms with van der Waals surface area (Å²) in [4.78, 5) is 22.3. The van der Waals surface area contributed by atoms with E-state index in [9.17, 15) is 4.79 Å². The SMILES string of the molecule is COc1cnccc1-c1cnn2ccc(NCCN(C)C(=O)OC(C)(C)C)nc12. The van der Waals surface area contributed by atoms with E-state index < -0.39 is 5.60 Å².